The molecule has 1 amide bonds. The summed E-state index contributed by atoms with van der Waals surface area (Å²) in [6.45, 7) is 4.12. The Balaban J connectivity index is 2.19. The van der Waals surface area contributed by atoms with Gasteiger partial charge in [-0.25, -0.2) is 0 Å². The molecule has 1 saturated heterocycles. The topological polar surface area (TPSA) is 92.3 Å². The number of piperidine rings is 1. The van der Waals surface area contributed by atoms with Crippen molar-refractivity contribution < 1.29 is 9.53 Å². The second-order valence-electron chi connectivity index (χ2n) is 4.88. The third-order valence-corrected chi connectivity index (χ3v) is 3.44. The average Bonchev–Trinajstić information content (AvgIpc) is 2.54. The molecule has 2 heterocycles. The van der Waals surface area contributed by atoms with E-state index in [0.717, 1.165) is 19.4 Å². The monoisotopic (exact) mass is 294 g/mol. The van der Waals surface area contributed by atoms with Gasteiger partial charge in [0, 0.05) is 26.7 Å². The van der Waals surface area contributed by atoms with Gasteiger partial charge >= 0.3 is 6.01 Å². The number of nitrogens with one attached hydrogen (secondary N) is 2. The first-order valence-corrected chi connectivity index (χ1v) is 7.18. The smallest absolute Gasteiger partial charge is 0.322 e. The summed E-state index contributed by atoms with van der Waals surface area (Å²) in [5, 5.41) is 5.76. The summed E-state index contributed by atoms with van der Waals surface area (Å²) in [7, 11) is 3.19. The first kappa shape index (κ1) is 15.3. The first-order valence-electron chi connectivity index (χ1n) is 7.18. The highest BCUT2D eigenvalue weighted by Gasteiger charge is 2.27. The SMILES string of the molecule is CCNc1nc(OC)nc(N2CCCC(C(=O)NC)C2)n1. The number of anilines is 2. The second-order valence-corrected chi connectivity index (χ2v) is 4.88. The van der Waals surface area contributed by atoms with Gasteiger partial charge in [0.1, 0.15) is 0 Å². The lowest BCUT2D eigenvalue weighted by molar-refractivity contribution is -0.124. The van der Waals surface area contributed by atoms with Crippen LogP contribution in [0.3, 0.4) is 0 Å². The third kappa shape index (κ3) is 3.71. The molecule has 1 aliphatic heterocycles. The lowest BCUT2D eigenvalue weighted by Crippen LogP contribution is -2.43. The average molecular weight is 294 g/mol. The van der Waals surface area contributed by atoms with Crippen molar-refractivity contribution in [1.82, 2.24) is 20.3 Å². The summed E-state index contributed by atoms with van der Waals surface area (Å²) in [4.78, 5) is 26.6. The van der Waals surface area contributed by atoms with E-state index in [1.165, 1.54) is 7.11 Å². The van der Waals surface area contributed by atoms with Crippen LogP contribution in [0.2, 0.25) is 0 Å². The Morgan fingerprint density at radius 2 is 2.24 bits per heavy atom. The number of amides is 1. The normalized spacial score (nSPS) is 18.2. The van der Waals surface area contributed by atoms with Crippen molar-refractivity contribution in [1.29, 1.82) is 0 Å². The Morgan fingerprint density at radius 3 is 2.90 bits per heavy atom. The number of carbonyl (C=O) groups excluding carboxylic acids is 1. The fraction of sp³-hybridized carbons (Fsp3) is 0.692. The van der Waals surface area contributed by atoms with Crippen molar-refractivity contribution in [3.8, 4) is 6.01 Å². The highest BCUT2D eigenvalue weighted by Crippen LogP contribution is 2.22. The van der Waals surface area contributed by atoms with Gasteiger partial charge in [0.05, 0.1) is 13.0 Å². The second kappa shape index (κ2) is 7.05. The molecule has 0 radical (unpaired) electrons. The molecule has 1 atom stereocenters. The molecule has 2 rings (SSSR count). The third-order valence-electron chi connectivity index (χ3n) is 3.44. The maximum atomic E-state index is 11.8. The van der Waals surface area contributed by atoms with Gasteiger partial charge in [0.15, 0.2) is 0 Å². The number of hydrogen-bond acceptors (Lipinski definition) is 7. The van der Waals surface area contributed by atoms with Crippen molar-refractivity contribution in [2.75, 3.05) is 44.0 Å². The minimum atomic E-state index is -0.0332. The van der Waals surface area contributed by atoms with Gasteiger partial charge in [-0.15, -0.1) is 0 Å². The van der Waals surface area contributed by atoms with Gasteiger partial charge in [0.25, 0.3) is 0 Å². The van der Waals surface area contributed by atoms with Gasteiger partial charge in [-0.1, -0.05) is 0 Å². The van der Waals surface area contributed by atoms with E-state index in [2.05, 4.69) is 25.6 Å². The maximum absolute atomic E-state index is 11.8. The van der Waals surface area contributed by atoms with Crippen molar-refractivity contribution in [3.05, 3.63) is 0 Å². The molecular formula is C13H22N6O2. The number of ether oxygens (including phenoxy) is 1. The summed E-state index contributed by atoms with van der Waals surface area (Å²) in [6.07, 6.45) is 1.82. The van der Waals surface area contributed by atoms with Crippen LogP contribution >= 0.6 is 0 Å². The van der Waals surface area contributed by atoms with Gasteiger partial charge in [-0.3, -0.25) is 4.79 Å². The lowest BCUT2D eigenvalue weighted by atomic mass is 9.97. The molecule has 0 aromatic carbocycles. The van der Waals surface area contributed by atoms with Crippen LogP contribution in [0.4, 0.5) is 11.9 Å². The fourth-order valence-corrected chi connectivity index (χ4v) is 2.39. The molecule has 0 spiro atoms. The minimum absolute atomic E-state index is 0.0332. The molecule has 1 aromatic heterocycles. The van der Waals surface area contributed by atoms with E-state index in [1.54, 1.807) is 7.05 Å². The molecule has 1 unspecified atom stereocenters. The Hall–Kier alpha value is -2.12. The number of rotatable bonds is 5. The maximum Gasteiger partial charge on any atom is 0.322 e. The van der Waals surface area contributed by atoms with E-state index in [4.69, 9.17) is 4.74 Å². The highest BCUT2D eigenvalue weighted by atomic mass is 16.5. The summed E-state index contributed by atoms with van der Waals surface area (Å²) in [5.41, 5.74) is 0. The lowest BCUT2D eigenvalue weighted by Gasteiger charge is -2.31. The number of nitrogens with zero attached hydrogens (tertiary/aromatic N) is 4. The van der Waals surface area contributed by atoms with Crippen LogP contribution in [-0.4, -0.2) is 54.7 Å². The molecule has 0 saturated carbocycles. The van der Waals surface area contributed by atoms with E-state index in [1.807, 2.05) is 11.8 Å². The summed E-state index contributed by atoms with van der Waals surface area (Å²) < 4.78 is 5.12. The molecule has 1 fully saturated rings. The Bertz CT molecular complexity index is 496. The minimum Gasteiger partial charge on any atom is -0.467 e. The highest BCUT2D eigenvalue weighted by molar-refractivity contribution is 5.79. The van der Waals surface area contributed by atoms with Crippen LogP contribution in [0, 0.1) is 5.92 Å². The molecule has 8 nitrogen and oxygen atoms in total. The summed E-state index contributed by atoms with van der Waals surface area (Å²) in [6, 6.07) is 0.276. The number of methoxy groups -OCH3 is 1. The predicted octanol–water partition coefficient (Wildman–Crippen LogP) is 0.274. The van der Waals surface area contributed by atoms with Gasteiger partial charge < -0.3 is 20.3 Å². The van der Waals surface area contributed by atoms with Crippen molar-refractivity contribution in [3.63, 3.8) is 0 Å². The quantitative estimate of drug-likeness (QED) is 0.805. The summed E-state index contributed by atoms with van der Waals surface area (Å²) >= 11 is 0. The molecule has 8 heteroatoms. The van der Waals surface area contributed by atoms with Gasteiger partial charge in [0.2, 0.25) is 17.8 Å². The van der Waals surface area contributed by atoms with Gasteiger partial charge in [-0.05, 0) is 19.8 Å². The predicted molar refractivity (Wildman–Crippen MR) is 79.5 cm³/mol. The van der Waals surface area contributed by atoms with Crippen LogP contribution in [0.1, 0.15) is 19.8 Å². The molecule has 1 aromatic rings. The van der Waals surface area contributed by atoms with Gasteiger partial charge in [-0.2, -0.15) is 15.0 Å². The van der Waals surface area contributed by atoms with Crippen molar-refractivity contribution in [2.24, 2.45) is 5.92 Å². The summed E-state index contributed by atoms with van der Waals surface area (Å²) in [5.74, 6) is 1.06. The van der Waals surface area contributed by atoms with E-state index in [9.17, 15) is 4.79 Å². The van der Waals surface area contributed by atoms with Crippen molar-refractivity contribution in [2.45, 2.75) is 19.8 Å². The van der Waals surface area contributed by atoms with Crippen LogP contribution in [-0.2, 0) is 4.79 Å². The van der Waals surface area contributed by atoms with Crippen molar-refractivity contribution >= 4 is 17.8 Å². The number of aromatic nitrogens is 3. The van der Waals surface area contributed by atoms with Crippen LogP contribution < -0.4 is 20.3 Å². The zero-order valence-electron chi connectivity index (χ0n) is 12.7. The standard InChI is InChI=1S/C13H22N6O2/c1-4-15-11-16-12(18-13(17-11)21-3)19-7-5-6-9(8-19)10(20)14-2/h9H,4-8H2,1-3H3,(H,14,20)(H,15,16,17,18). The first-order chi connectivity index (χ1) is 10.2. The zero-order chi connectivity index (χ0) is 15.2. The number of hydrogen-bond donors (Lipinski definition) is 2. The molecule has 1 aliphatic rings. The van der Waals surface area contributed by atoms with Crippen LogP contribution in [0.25, 0.3) is 0 Å². The molecule has 0 bridgehead atoms. The molecule has 2 N–H and O–H groups in total. The zero-order valence-corrected chi connectivity index (χ0v) is 12.7. The Kier molecular flexibility index (Phi) is 5.13. The Morgan fingerprint density at radius 1 is 1.43 bits per heavy atom. The van der Waals surface area contributed by atoms with E-state index in [-0.39, 0.29) is 17.8 Å². The number of carbonyl (C=O) groups is 1. The van der Waals surface area contributed by atoms with E-state index < -0.39 is 0 Å². The van der Waals surface area contributed by atoms with E-state index in [0.29, 0.717) is 25.0 Å². The van der Waals surface area contributed by atoms with Crippen LogP contribution in [0.5, 0.6) is 6.01 Å². The molecule has 0 aliphatic carbocycles. The molecule has 116 valence electrons. The van der Waals surface area contributed by atoms with Crippen LogP contribution in [0.15, 0.2) is 0 Å². The fourth-order valence-electron chi connectivity index (χ4n) is 2.39. The Labute approximate surface area is 124 Å². The molecule has 21 heavy (non-hydrogen) atoms. The molecular weight excluding hydrogens is 272 g/mol. The van der Waals surface area contributed by atoms with E-state index >= 15 is 0 Å². The largest absolute Gasteiger partial charge is 0.467 e.